The molecule has 54 heavy (non-hydrogen) atoms. The number of carbonyl (C=O) groups is 5. The minimum Gasteiger partial charge on any atom is -0.444 e. The second-order valence-corrected chi connectivity index (χ2v) is 19.0. The van der Waals surface area contributed by atoms with Crippen molar-refractivity contribution in [2.24, 2.45) is 5.92 Å². The van der Waals surface area contributed by atoms with Crippen molar-refractivity contribution in [2.75, 3.05) is 13.1 Å². The van der Waals surface area contributed by atoms with Gasteiger partial charge in [-0.1, -0.05) is 44.2 Å². The van der Waals surface area contributed by atoms with Crippen LogP contribution in [0.15, 0.2) is 30.3 Å². The third-order valence-corrected chi connectivity index (χ3v) is 10.1. The summed E-state index contributed by atoms with van der Waals surface area (Å²) >= 11 is 0. The van der Waals surface area contributed by atoms with Crippen LogP contribution in [0.2, 0.25) is 0 Å². The Morgan fingerprint density at radius 1 is 0.852 bits per heavy atom. The second-order valence-electron chi connectivity index (χ2n) is 17.1. The lowest BCUT2D eigenvalue weighted by molar-refractivity contribution is -0.143. The number of hydrogen-bond donors (Lipinski definition) is 6. The van der Waals surface area contributed by atoms with E-state index < -0.39 is 78.0 Å². The van der Waals surface area contributed by atoms with Crippen molar-refractivity contribution in [2.45, 2.75) is 155 Å². The summed E-state index contributed by atoms with van der Waals surface area (Å²) in [4.78, 5) is 88.4. The highest BCUT2D eigenvalue weighted by Crippen LogP contribution is 2.49. The number of rotatable bonds is 16. The highest BCUT2D eigenvalue weighted by molar-refractivity contribution is 7.52. The molecular formula is C38H64N5O10P. The molecule has 1 fully saturated rings. The minimum absolute atomic E-state index is 0.0499. The Labute approximate surface area is 320 Å². The van der Waals surface area contributed by atoms with Gasteiger partial charge in [-0.25, -0.2) is 9.59 Å². The number of amides is 5. The second kappa shape index (κ2) is 19.8. The molecule has 1 aliphatic rings. The lowest BCUT2D eigenvalue weighted by Gasteiger charge is -2.47. The zero-order valence-electron chi connectivity index (χ0n) is 33.7. The van der Waals surface area contributed by atoms with Crippen LogP contribution < -0.4 is 21.3 Å². The number of unbranched alkanes of at least 4 members (excludes halogenated alkanes) is 1. The van der Waals surface area contributed by atoms with Gasteiger partial charge < -0.3 is 45.4 Å². The Kier molecular flexibility index (Phi) is 17.0. The lowest BCUT2D eigenvalue weighted by atomic mass is 9.88. The Bertz CT molecular complexity index is 1470. The summed E-state index contributed by atoms with van der Waals surface area (Å²) in [7, 11) is -4.39. The van der Waals surface area contributed by atoms with Crippen LogP contribution in [0.25, 0.3) is 0 Å². The monoisotopic (exact) mass is 781 g/mol. The molecule has 0 spiro atoms. The predicted octanol–water partition coefficient (Wildman–Crippen LogP) is 4.78. The molecule has 0 bridgehead atoms. The SMILES string of the molecule is CC(C)C[C@@H](NC(=O)[C@@H](Cc1ccccc1)NC(=O)OC(C)(C)C)C(=O)N[C@H](CCCCNC(=O)OC(C)(C)C)C(=O)N1CCC(P(=O)(O)O)CC1(C)C. The van der Waals surface area contributed by atoms with Crippen molar-refractivity contribution in [3.8, 4) is 0 Å². The van der Waals surface area contributed by atoms with Crippen LogP contribution in [0.5, 0.6) is 0 Å². The van der Waals surface area contributed by atoms with Crippen LogP contribution in [0.3, 0.4) is 0 Å². The molecule has 306 valence electrons. The predicted molar refractivity (Wildman–Crippen MR) is 206 cm³/mol. The molecule has 1 aromatic rings. The van der Waals surface area contributed by atoms with Gasteiger partial charge in [0, 0.05) is 25.0 Å². The molecule has 15 nitrogen and oxygen atoms in total. The Morgan fingerprint density at radius 3 is 1.94 bits per heavy atom. The van der Waals surface area contributed by atoms with E-state index in [9.17, 15) is 38.3 Å². The first-order valence-electron chi connectivity index (χ1n) is 18.7. The van der Waals surface area contributed by atoms with Crippen molar-refractivity contribution in [3.63, 3.8) is 0 Å². The van der Waals surface area contributed by atoms with Gasteiger partial charge in [-0.15, -0.1) is 0 Å². The van der Waals surface area contributed by atoms with Gasteiger partial charge in [0.2, 0.25) is 17.7 Å². The number of benzene rings is 1. The van der Waals surface area contributed by atoms with Gasteiger partial charge in [-0.2, -0.15) is 0 Å². The van der Waals surface area contributed by atoms with E-state index in [0.29, 0.717) is 12.8 Å². The molecule has 1 aromatic carbocycles. The molecular weight excluding hydrogens is 717 g/mol. The first-order chi connectivity index (χ1) is 24.8. The van der Waals surface area contributed by atoms with Crippen LogP contribution in [-0.4, -0.2) is 98.2 Å². The molecule has 2 rings (SSSR count). The Morgan fingerprint density at radius 2 is 1.41 bits per heavy atom. The summed E-state index contributed by atoms with van der Waals surface area (Å²) in [5.74, 6) is -1.67. The first-order valence-corrected chi connectivity index (χ1v) is 20.4. The zero-order chi connectivity index (χ0) is 41.1. The van der Waals surface area contributed by atoms with E-state index in [1.165, 1.54) is 0 Å². The van der Waals surface area contributed by atoms with Crippen LogP contribution in [-0.2, 0) is 34.8 Å². The van der Waals surface area contributed by atoms with Crippen molar-refractivity contribution < 1.29 is 47.8 Å². The summed E-state index contributed by atoms with van der Waals surface area (Å²) in [6.45, 7) is 18.0. The molecule has 1 unspecified atom stereocenters. The summed E-state index contributed by atoms with van der Waals surface area (Å²) in [6, 6.07) is 5.89. The molecule has 1 heterocycles. The summed E-state index contributed by atoms with van der Waals surface area (Å²) < 4.78 is 22.8. The molecule has 1 aliphatic heterocycles. The summed E-state index contributed by atoms with van der Waals surface area (Å²) in [5, 5.41) is 11.0. The number of hydrogen-bond acceptors (Lipinski definition) is 8. The molecule has 1 saturated heterocycles. The molecule has 6 N–H and O–H groups in total. The highest BCUT2D eigenvalue weighted by atomic mass is 31.2. The van der Waals surface area contributed by atoms with E-state index in [-0.39, 0.29) is 51.1 Å². The number of likely N-dealkylation sites (tertiary alicyclic amines) is 1. The lowest BCUT2D eigenvalue weighted by Crippen LogP contribution is -2.61. The molecule has 0 radical (unpaired) electrons. The van der Waals surface area contributed by atoms with Gasteiger partial charge in [0.05, 0.1) is 5.66 Å². The molecule has 0 aromatic heterocycles. The first kappa shape index (κ1) is 46.5. The van der Waals surface area contributed by atoms with Crippen LogP contribution in [0.1, 0.15) is 113 Å². The standard InChI is InChI=1S/C38H64N5O10P/c1-25(2)22-29(41-32(45)30(23-26-16-12-11-13-17-26)42-35(48)53-37(6,7)8)31(44)40-28(18-14-15-20-39-34(47)52-36(3,4)5)33(46)43-21-19-27(54(49,50)51)24-38(43,9)10/h11-13,16-17,25,27-30H,14-15,18-24H2,1-10H3,(H,39,47)(H,40,44)(H,41,45)(H,42,48)(H2,49,50,51)/t27?,28-,29-,30-/m1/s1. The van der Waals surface area contributed by atoms with E-state index in [2.05, 4.69) is 21.3 Å². The fraction of sp³-hybridized carbons (Fsp3) is 0.711. The van der Waals surface area contributed by atoms with E-state index in [0.717, 1.165) is 5.56 Å². The van der Waals surface area contributed by atoms with Crippen LogP contribution in [0, 0.1) is 5.92 Å². The van der Waals surface area contributed by atoms with Crippen molar-refractivity contribution in [1.29, 1.82) is 0 Å². The summed E-state index contributed by atoms with van der Waals surface area (Å²) in [5.41, 5.74) is -2.53. The summed E-state index contributed by atoms with van der Waals surface area (Å²) in [6.07, 6.45) is 0.231. The third-order valence-electron chi connectivity index (χ3n) is 8.73. The van der Waals surface area contributed by atoms with Gasteiger partial charge in [0.1, 0.15) is 29.3 Å². The van der Waals surface area contributed by atoms with E-state index in [4.69, 9.17) is 9.47 Å². The maximum Gasteiger partial charge on any atom is 0.408 e. The highest BCUT2D eigenvalue weighted by Gasteiger charge is 2.45. The fourth-order valence-corrected chi connectivity index (χ4v) is 7.38. The largest absolute Gasteiger partial charge is 0.444 e. The van der Waals surface area contributed by atoms with Gasteiger partial charge >= 0.3 is 19.8 Å². The maximum absolute atomic E-state index is 14.2. The smallest absolute Gasteiger partial charge is 0.408 e. The van der Waals surface area contributed by atoms with Crippen molar-refractivity contribution >= 4 is 37.5 Å². The number of nitrogens with zero attached hydrogens (tertiary/aromatic N) is 1. The van der Waals surface area contributed by atoms with Gasteiger partial charge in [0.25, 0.3) is 0 Å². The van der Waals surface area contributed by atoms with E-state index in [1.54, 1.807) is 60.3 Å². The quantitative estimate of drug-likeness (QED) is 0.0998. The van der Waals surface area contributed by atoms with Gasteiger partial charge in [-0.3, -0.25) is 18.9 Å². The average Bonchev–Trinajstić information content (AvgIpc) is 3.00. The van der Waals surface area contributed by atoms with Crippen LogP contribution in [0.4, 0.5) is 9.59 Å². The molecule has 5 amide bonds. The normalized spacial score (nSPS) is 17.8. The molecule has 16 heteroatoms. The van der Waals surface area contributed by atoms with Gasteiger partial charge in [0.15, 0.2) is 0 Å². The third kappa shape index (κ3) is 16.8. The Hall–Kier alpha value is -3.68. The molecule has 0 saturated carbocycles. The Balaban J connectivity index is 2.32. The topological polar surface area (TPSA) is 213 Å². The van der Waals surface area contributed by atoms with Crippen molar-refractivity contribution in [1.82, 2.24) is 26.2 Å². The number of alkyl carbamates (subject to hydrolysis) is 2. The molecule has 0 aliphatic carbocycles. The number of piperidine rings is 1. The number of ether oxygens (including phenoxy) is 2. The fourth-order valence-electron chi connectivity index (χ4n) is 6.25. The minimum atomic E-state index is -4.39. The van der Waals surface area contributed by atoms with Gasteiger partial charge in [-0.05, 0) is 105 Å². The molecule has 4 atom stereocenters. The van der Waals surface area contributed by atoms with E-state index in [1.807, 2.05) is 44.2 Å². The average molecular weight is 782 g/mol. The van der Waals surface area contributed by atoms with Crippen LogP contribution >= 0.6 is 7.60 Å². The number of carbonyl (C=O) groups excluding carboxylic acids is 5. The maximum atomic E-state index is 14.2. The van der Waals surface area contributed by atoms with E-state index >= 15 is 0 Å². The number of nitrogens with one attached hydrogen (secondary N) is 4. The van der Waals surface area contributed by atoms with Crippen molar-refractivity contribution in [3.05, 3.63) is 35.9 Å². The zero-order valence-corrected chi connectivity index (χ0v) is 34.6.